The predicted octanol–water partition coefficient (Wildman–Crippen LogP) is 4.17. The average molecular weight is 505 g/mol. The molecule has 0 spiro atoms. The van der Waals surface area contributed by atoms with Gasteiger partial charge in [0.05, 0.1) is 10.4 Å². The lowest BCUT2D eigenvalue weighted by molar-refractivity contribution is 0.247. The summed E-state index contributed by atoms with van der Waals surface area (Å²) in [5.74, 6) is 0.587. The van der Waals surface area contributed by atoms with Gasteiger partial charge < -0.3 is 5.32 Å². The zero-order chi connectivity index (χ0) is 25.5. The van der Waals surface area contributed by atoms with Gasteiger partial charge in [-0.05, 0) is 54.3 Å². The van der Waals surface area contributed by atoms with Crippen molar-refractivity contribution < 1.29 is 13.2 Å². The number of rotatable bonds is 9. The summed E-state index contributed by atoms with van der Waals surface area (Å²) in [5, 5.41) is 3.88. The molecule has 0 aliphatic heterocycles. The maximum Gasteiger partial charge on any atom is 0.322 e. The third-order valence-corrected chi connectivity index (χ3v) is 6.97. The van der Waals surface area contributed by atoms with Gasteiger partial charge in [0.15, 0.2) is 0 Å². The number of hydrogen-bond donors (Lipinski definition) is 2. The molecular weight excluding hydrogens is 476 g/mol. The molecule has 0 radical (unpaired) electrons. The fourth-order valence-electron chi connectivity index (χ4n) is 3.62. The van der Waals surface area contributed by atoms with E-state index < -0.39 is 10.0 Å². The second-order valence-corrected chi connectivity index (χ2v) is 10.00. The number of carbonyl (C=O) groups is 1. The molecule has 0 atom stereocenters. The van der Waals surface area contributed by atoms with Gasteiger partial charge in [-0.3, -0.25) is 4.90 Å². The largest absolute Gasteiger partial charge is 0.337 e. The highest BCUT2D eigenvalue weighted by molar-refractivity contribution is 7.92. The number of urea groups is 1. The minimum absolute atomic E-state index is 0.0339. The van der Waals surface area contributed by atoms with Crippen LogP contribution in [0.2, 0.25) is 0 Å². The zero-order valence-electron chi connectivity index (χ0n) is 20.2. The van der Waals surface area contributed by atoms with E-state index in [-0.39, 0.29) is 16.9 Å². The Morgan fingerprint density at radius 1 is 0.917 bits per heavy atom. The Hall–Kier alpha value is -4.05. The molecule has 36 heavy (non-hydrogen) atoms. The SMILES string of the molecule is CCCc1cnc(NS(=O)(=O)c2ccc(CCNC(=O)N(C)c3ccc4ccccc4n3)cc2)nc1. The normalized spacial score (nSPS) is 11.3. The van der Waals surface area contributed by atoms with Gasteiger partial charge in [-0.25, -0.2) is 32.9 Å². The molecule has 4 rings (SSSR count). The highest BCUT2D eigenvalue weighted by atomic mass is 32.2. The molecule has 0 aliphatic carbocycles. The highest BCUT2D eigenvalue weighted by Crippen LogP contribution is 2.17. The van der Waals surface area contributed by atoms with Gasteiger partial charge >= 0.3 is 6.03 Å². The van der Waals surface area contributed by atoms with Gasteiger partial charge in [0.2, 0.25) is 5.95 Å². The highest BCUT2D eigenvalue weighted by Gasteiger charge is 2.16. The van der Waals surface area contributed by atoms with Gasteiger partial charge in [-0.1, -0.05) is 43.7 Å². The fourth-order valence-corrected chi connectivity index (χ4v) is 4.58. The summed E-state index contributed by atoms with van der Waals surface area (Å²) < 4.78 is 27.7. The number of aromatic nitrogens is 3. The Morgan fingerprint density at radius 2 is 1.64 bits per heavy atom. The molecule has 186 valence electrons. The van der Waals surface area contributed by atoms with E-state index in [9.17, 15) is 13.2 Å². The van der Waals surface area contributed by atoms with Crippen LogP contribution in [0.15, 0.2) is 78.0 Å². The zero-order valence-corrected chi connectivity index (χ0v) is 21.0. The second-order valence-electron chi connectivity index (χ2n) is 8.32. The molecule has 2 N–H and O–H groups in total. The van der Waals surface area contributed by atoms with E-state index in [0.29, 0.717) is 18.8 Å². The smallest absolute Gasteiger partial charge is 0.322 e. The van der Waals surface area contributed by atoms with Gasteiger partial charge in [-0.2, -0.15) is 0 Å². The number of pyridine rings is 1. The lowest BCUT2D eigenvalue weighted by atomic mass is 10.1. The Kier molecular flexibility index (Phi) is 7.74. The fraction of sp³-hybridized carbons (Fsp3) is 0.231. The van der Waals surface area contributed by atoms with E-state index in [0.717, 1.165) is 34.9 Å². The van der Waals surface area contributed by atoms with Gasteiger partial charge in [0, 0.05) is 31.4 Å². The van der Waals surface area contributed by atoms with E-state index >= 15 is 0 Å². The van der Waals surface area contributed by atoms with Crippen LogP contribution in [0.1, 0.15) is 24.5 Å². The van der Waals surface area contributed by atoms with Crippen molar-refractivity contribution in [3.63, 3.8) is 0 Å². The van der Waals surface area contributed by atoms with Crippen molar-refractivity contribution in [3.05, 3.63) is 84.2 Å². The quantitative estimate of drug-likeness (QED) is 0.353. The van der Waals surface area contributed by atoms with Gasteiger partial charge in [0.1, 0.15) is 5.82 Å². The van der Waals surface area contributed by atoms with Crippen molar-refractivity contribution in [2.75, 3.05) is 23.2 Å². The molecule has 2 heterocycles. The van der Waals surface area contributed by atoms with Crippen LogP contribution in [0, 0.1) is 0 Å². The summed E-state index contributed by atoms with van der Waals surface area (Å²) in [4.78, 5) is 26.8. The number of para-hydroxylation sites is 1. The van der Waals surface area contributed by atoms with Crippen LogP contribution >= 0.6 is 0 Å². The minimum Gasteiger partial charge on any atom is -0.337 e. The van der Waals surface area contributed by atoms with Crippen LogP contribution < -0.4 is 14.9 Å². The number of anilines is 2. The molecule has 0 saturated heterocycles. The minimum atomic E-state index is -3.81. The third-order valence-electron chi connectivity index (χ3n) is 5.63. The van der Waals surface area contributed by atoms with Crippen molar-refractivity contribution in [2.24, 2.45) is 0 Å². The number of fused-ring (bicyclic) bond motifs is 1. The molecule has 2 amide bonds. The van der Waals surface area contributed by atoms with Gasteiger partial charge in [0.25, 0.3) is 10.0 Å². The average Bonchev–Trinajstić information content (AvgIpc) is 2.89. The molecule has 2 aromatic carbocycles. The predicted molar refractivity (Wildman–Crippen MR) is 141 cm³/mol. The Bertz CT molecular complexity index is 1440. The summed E-state index contributed by atoms with van der Waals surface area (Å²) in [7, 11) is -2.14. The van der Waals surface area contributed by atoms with Gasteiger partial charge in [-0.15, -0.1) is 0 Å². The lowest BCUT2D eigenvalue weighted by Gasteiger charge is -2.17. The van der Waals surface area contributed by atoms with Crippen molar-refractivity contribution in [1.82, 2.24) is 20.3 Å². The van der Waals surface area contributed by atoms with E-state index in [1.165, 1.54) is 17.0 Å². The van der Waals surface area contributed by atoms with Crippen molar-refractivity contribution in [1.29, 1.82) is 0 Å². The summed E-state index contributed by atoms with van der Waals surface area (Å²) in [5.41, 5.74) is 2.66. The molecule has 2 aromatic heterocycles. The lowest BCUT2D eigenvalue weighted by Crippen LogP contribution is -2.38. The molecular formula is C26H28N6O3S. The number of benzene rings is 2. The van der Waals surface area contributed by atoms with E-state index in [4.69, 9.17) is 0 Å². The maximum atomic E-state index is 12.7. The molecule has 0 aliphatic rings. The molecule has 0 saturated carbocycles. The number of sulfonamides is 1. The third kappa shape index (κ3) is 6.14. The first kappa shape index (κ1) is 25.1. The number of hydrogen-bond acceptors (Lipinski definition) is 6. The first-order valence-corrected chi connectivity index (χ1v) is 13.1. The van der Waals surface area contributed by atoms with Crippen LogP contribution in [0.3, 0.4) is 0 Å². The number of nitrogens with zero attached hydrogens (tertiary/aromatic N) is 4. The summed E-state index contributed by atoms with van der Waals surface area (Å²) >= 11 is 0. The molecule has 0 bridgehead atoms. The maximum absolute atomic E-state index is 12.7. The van der Waals surface area contributed by atoms with E-state index in [2.05, 4.69) is 31.9 Å². The first-order valence-electron chi connectivity index (χ1n) is 11.7. The number of carbonyl (C=O) groups excluding carboxylic acids is 1. The van der Waals surface area contributed by atoms with Crippen LogP contribution in [0.5, 0.6) is 0 Å². The van der Waals surface area contributed by atoms with Crippen molar-refractivity contribution in [2.45, 2.75) is 31.1 Å². The molecule has 9 nitrogen and oxygen atoms in total. The van der Waals surface area contributed by atoms with Crippen molar-refractivity contribution in [3.8, 4) is 0 Å². The standard InChI is InChI=1S/C26H28N6O3S/c1-3-6-20-17-28-25(29-18-20)31-36(34,35)22-12-9-19(10-13-22)15-16-27-26(33)32(2)24-14-11-21-7-4-5-8-23(21)30-24/h4-5,7-14,17-18H,3,6,15-16H2,1-2H3,(H,27,33)(H,28,29,31). The van der Waals surface area contributed by atoms with E-state index in [1.807, 2.05) is 30.3 Å². The van der Waals surface area contributed by atoms with Crippen LogP contribution in [-0.4, -0.2) is 43.0 Å². The molecule has 4 aromatic rings. The second kappa shape index (κ2) is 11.1. The van der Waals surface area contributed by atoms with Crippen LogP contribution in [0.25, 0.3) is 10.9 Å². The van der Waals surface area contributed by atoms with E-state index in [1.54, 1.807) is 37.6 Å². The number of amides is 2. The van der Waals surface area contributed by atoms with Crippen LogP contribution in [0.4, 0.5) is 16.6 Å². The Balaban J connectivity index is 1.30. The number of nitrogens with one attached hydrogen (secondary N) is 2. The van der Waals surface area contributed by atoms with Crippen LogP contribution in [-0.2, 0) is 22.9 Å². The molecule has 0 fully saturated rings. The Morgan fingerprint density at radius 3 is 2.36 bits per heavy atom. The number of aryl methyl sites for hydroxylation is 1. The van der Waals surface area contributed by atoms with Crippen molar-refractivity contribution >= 4 is 38.7 Å². The monoisotopic (exact) mass is 504 g/mol. The summed E-state index contributed by atoms with van der Waals surface area (Å²) in [6.45, 7) is 2.44. The first-order chi connectivity index (χ1) is 17.4. The summed E-state index contributed by atoms with van der Waals surface area (Å²) in [6, 6.07) is 17.7. The molecule has 0 unspecified atom stereocenters. The molecule has 10 heteroatoms. The summed E-state index contributed by atoms with van der Waals surface area (Å²) in [6.07, 6.45) is 5.59. The Labute approximate surface area is 210 Å². The topological polar surface area (TPSA) is 117 Å².